The molecule has 0 aliphatic carbocycles. The summed E-state index contributed by atoms with van der Waals surface area (Å²) in [5.74, 6) is -0.599. The number of benzene rings is 2. The monoisotopic (exact) mass is 430 g/mol. The van der Waals surface area contributed by atoms with Gasteiger partial charge in [-0.15, -0.1) is 0 Å². The van der Waals surface area contributed by atoms with E-state index >= 15 is 0 Å². The van der Waals surface area contributed by atoms with Gasteiger partial charge in [0.25, 0.3) is 5.43 Å². The van der Waals surface area contributed by atoms with Gasteiger partial charge in [0.1, 0.15) is 0 Å². The highest BCUT2D eigenvalue weighted by molar-refractivity contribution is 6.00. The van der Waals surface area contributed by atoms with Gasteiger partial charge in [-0.2, -0.15) is 4.58 Å². The molecule has 1 heterocycles. The van der Waals surface area contributed by atoms with Gasteiger partial charge in [0.05, 0.1) is 12.6 Å². The summed E-state index contributed by atoms with van der Waals surface area (Å²) >= 11 is 0. The Bertz CT molecular complexity index is 1340. The van der Waals surface area contributed by atoms with Gasteiger partial charge in [-0.3, -0.25) is 4.79 Å². The third kappa shape index (κ3) is 3.19. The lowest BCUT2D eigenvalue weighted by molar-refractivity contribution is -0.272. The molecule has 3 aromatic rings. The molecule has 0 spiro atoms. The second-order valence-electron chi connectivity index (χ2n) is 9.03. The number of hydrogen-bond donors (Lipinski definition) is 0. The zero-order valence-electron chi connectivity index (χ0n) is 19.5. The summed E-state index contributed by atoms with van der Waals surface area (Å²) in [4.78, 5) is 27.3. The van der Waals surface area contributed by atoms with Crippen LogP contribution in [0.25, 0.3) is 16.8 Å². The van der Waals surface area contributed by atoms with E-state index in [0.29, 0.717) is 6.54 Å². The van der Waals surface area contributed by atoms with Crippen LogP contribution in [0.15, 0.2) is 46.9 Å². The first-order chi connectivity index (χ1) is 15.2. The van der Waals surface area contributed by atoms with Crippen molar-refractivity contribution in [3.63, 3.8) is 0 Å². The summed E-state index contributed by atoms with van der Waals surface area (Å²) in [5, 5.41) is 15.3. The largest absolute Gasteiger partial charge is 0.867 e. The van der Waals surface area contributed by atoms with Crippen LogP contribution in [-0.4, -0.2) is 19.0 Å². The van der Waals surface area contributed by atoms with Gasteiger partial charge >= 0.3 is 5.91 Å². The molecule has 0 unspecified atom stereocenters. The number of allylic oxidation sites excluding steroid dienone is 1. The molecular formula is C27H30N2O3. The van der Waals surface area contributed by atoms with E-state index in [1.807, 2.05) is 19.1 Å². The van der Waals surface area contributed by atoms with Gasteiger partial charge in [-0.1, -0.05) is 63.6 Å². The fourth-order valence-corrected chi connectivity index (χ4v) is 4.89. The van der Waals surface area contributed by atoms with Crippen molar-refractivity contribution < 1.29 is 9.90 Å². The number of carbonyl (C=O) groups excluding carboxylic acids is 1. The molecule has 0 saturated carbocycles. The Balaban J connectivity index is 1.90. The van der Waals surface area contributed by atoms with Crippen LogP contribution < -0.4 is 25.4 Å². The Kier molecular flexibility index (Phi) is 5.53. The van der Waals surface area contributed by atoms with Crippen LogP contribution in [0.2, 0.25) is 0 Å². The fraction of sp³-hybridized carbons (Fsp3) is 0.370. The quantitative estimate of drug-likeness (QED) is 0.582. The molecule has 0 saturated heterocycles. The van der Waals surface area contributed by atoms with E-state index in [0.717, 1.165) is 41.5 Å². The predicted octanol–water partition coefficient (Wildman–Crippen LogP) is 3.43. The molecule has 0 aromatic heterocycles. The second-order valence-corrected chi connectivity index (χ2v) is 9.03. The Morgan fingerprint density at radius 1 is 1.16 bits per heavy atom. The highest BCUT2D eigenvalue weighted by Crippen LogP contribution is 2.51. The number of rotatable bonds is 5. The molecule has 166 valence electrons. The van der Waals surface area contributed by atoms with Crippen LogP contribution in [0.4, 0.5) is 5.69 Å². The predicted molar refractivity (Wildman–Crippen MR) is 128 cm³/mol. The molecule has 32 heavy (non-hydrogen) atoms. The van der Waals surface area contributed by atoms with Gasteiger partial charge in [-0.25, -0.2) is 4.79 Å². The van der Waals surface area contributed by atoms with Crippen molar-refractivity contribution in [2.45, 2.75) is 52.9 Å². The first-order valence-corrected chi connectivity index (χ1v) is 11.4. The highest BCUT2D eigenvalue weighted by Gasteiger charge is 2.41. The van der Waals surface area contributed by atoms with Crippen LogP contribution in [0.5, 0.6) is 5.75 Å². The Morgan fingerprint density at radius 2 is 1.88 bits per heavy atom. The second kappa shape index (κ2) is 8.05. The summed E-state index contributed by atoms with van der Waals surface area (Å²) in [7, 11) is 0. The average molecular weight is 431 g/mol. The maximum Gasteiger partial charge on any atom is 0.384 e. The van der Waals surface area contributed by atoms with E-state index in [-0.39, 0.29) is 33.4 Å². The van der Waals surface area contributed by atoms with Gasteiger partial charge in [0.2, 0.25) is 5.36 Å². The minimum absolute atomic E-state index is 0.0135. The lowest BCUT2D eigenvalue weighted by Crippen LogP contribution is -2.50. The zero-order valence-corrected chi connectivity index (χ0v) is 19.5. The molecule has 1 amide bonds. The number of hydrogen-bond acceptors (Lipinski definition) is 4. The van der Waals surface area contributed by atoms with E-state index in [4.69, 9.17) is 0 Å². The van der Waals surface area contributed by atoms with Crippen molar-refractivity contribution in [3.8, 4) is 5.75 Å². The minimum Gasteiger partial charge on any atom is -0.867 e. The van der Waals surface area contributed by atoms with Gasteiger partial charge < -0.3 is 10.0 Å². The number of nitrogens with zero attached hydrogens (tertiary/aromatic N) is 2. The van der Waals surface area contributed by atoms with Crippen molar-refractivity contribution in [1.29, 1.82) is 0 Å². The minimum atomic E-state index is -0.360. The average Bonchev–Trinajstić information content (AvgIpc) is 3.00. The molecule has 0 fully saturated rings. The van der Waals surface area contributed by atoms with Gasteiger partial charge in [0, 0.05) is 35.0 Å². The van der Waals surface area contributed by atoms with Crippen LogP contribution in [0, 0.1) is 0 Å². The summed E-state index contributed by atoms with van der Waals surface area (Å²) in [6.07, 6.45) is 3.38. The Hall–Kier alpha value is -3.21. The van der Waals surface area contributed by atoms with Gasteiger partial charge in [-0.05, 0) is 29.7 Å². The van der Waals surface area contributed by atoms with E-state index in [1.165, 1.54) is 17.1 Å². The molecule has 4 rings (SSSR count). The lowest BCUT2D eigenvalue weighted by Gasteiger charge is -2.27. The molecule has 1 aliphatic rings. The highest BCUT2D eigenvalue weighted by atomic mass is 16.3. The molecule has 3 aromatic carbocycles. The maximum absolute atomic E-state index is 13.0. The topological polar surface area (TPSA) is 63.5 Å². The third-order valence-electron chi connectivity index (χ3n) is 6.68. The zero-order chi connectivity index (χ0) is 23.2. The van der Waals surface area contributed by atoms with Crippen molar-refractivity contribution in [1.82, 2.24) is 4.58 Å². The van der Waals surface area contributed by atoms with Crippen LogP contribution in [0.3, 0.4) is 0 Å². The van der Waals surface area contributed by atoms with Crippen molar-refractivity contribution in [3.05, 3.63) is 68.8 Å². The van der Waals surface area contributed by atoms with Crippen LogP contribution >= 0.6 is 0 Å². The number of carbonyl (C=O) groups is 1. The summed E-state index contributed by atoms with van der Waals surface area (Å²) in [6, 6.07) is 12.6. The lowest BCUT2D eigenvalue weighted by atomic mass is 9.82. The SMILES string of the molecule is CCCC[N+](C(C)=O)=c1c([O-])c(C=C2N(CC)c3c(ccc4ccccc34)C2(C)C)c1=O. The van der Waals surface area contributed by atoms with E-state index in [1.54, 1.807) is 6.08 Å². The number of likely N-dealkylation sites (N-methyl/N-ethyl adjacent to an activating group) is 1. The molecule has 1 aliphatic heterocycles. The smallest absolute Gasteiger partial charge is 0.384 e. The van der Waals surface area contributed by atoms with Gasteiger partial charge in [0.15, 0.2) is 6.54 Å². The first kappa shape index (κ1) is 22.0. The number of unbranched alkanes of at least 4 members (excludes halogenated alkanes) is 1. The molecule has 5 nitrogen and oxygen atoms in total. The summed E-state index contributed by atoms with van der Waals surface area (Å²) < 4.78 is 1.34. The third-order valence-corrected chi connectivity index (χ3v) is 6.68. The Morgan fingerprint density at radius 3 is 2.50 bits per heavy atom. The van der Waals surface area contributed by atoms with Crippen molar-refractivity contribution in [2.24, 2.45) is 0 Å². The molecule has 0 bridgehead atoms. The fourth-order valence-electron chi connectivity index (χ4n) is 4.89. The molecule has 5 heteroatoms. The van der Waals surface area contributed by atoms with Crippen molar-refractivity contribution in [2.75, 3.05) is 18.0 Å². The van der Waals surface area contributed by atoms with E-state index < -0.39 is 0 Å². The van der Waals surface area contributed by atoms with Crippen LogP contribution in [-0.2, 0) is 10.2 Å². The van der Waals surface area contributed by atoms with E-state index in [2.05, 4.69) is 49.9 Å². The summed E-state index contributed by atoms with van der Waals surface area (Å²) in [6.45, 7) is 10.9. The number of amides is 1. The number of anilines is 1. The molecule has 0 radical (unpaired) electrons. The maximum atomic E-state index is 13.0. The van der Waals surface area contributed by atoms with E-state index in [9.17, 15) is 14.7 Å². The summed E-state index contributed by atoms with van der Waals surface area (Å²) in [5.41, 5.74) is 2.73. The normalized spacial score (nSPS) is 17.3. The molecule has 0 atom stereocenters. The van der Waals surface area contributed by atoms with Crippen LogP contribution in [0.1, 0.15) is 58.6 Å². The molecular weight excluding hydrogens is 400 g/mol. The molecule has 0 N–H and O–H groups in total. The van der Waals surface area contributed by atoms with Crippen molar-refractivity contribution >= 4 is 28.4 Å². The Labute approximate surface area is 188 Å². The standard InChI is InChI=1S/C27H30N2O3/c1-6-8-15-29(17(3)30)24-25(31)20(26(24)32)16-22-27(4,5)21-14-13-18-11-9-10-12-19(18)23(21)28(22)7-2/h9-14,16H,6-8,15H2,1-5H3. The first-order valence-electron chi connectivity index (χ1n) is 11.4. The number of fused-ring (bicyclic) bond motifs is 3.